The zero-order valence-electron chi connectivity index (χ0n) is 41.3. The van der Waals surface area contributed by atoms with Crippen molar-refractivity contribution < 1.29 is 32.9 Å². The summed E-state index contributed by atoms with van der Waals surface area (Å²) >= 11 is 0. The van der Waals surface area contributed by atoms with Crippen molar-refractivity contribution in [2.45, 2.75) is 244 Å². The lowest BCUT2D eigenvalue weighted by atomic mass is 10.1. The number of aliphatic hydroxyl groups excluding tert-OH is 1. The highest BCUT2D eigenvalue weighted by Gasteiger charge is 2.23. The molecule has 62 heavy (non-hydrogen) atoms. The molecule has 0 aliphatic heterocycles. The van der Waals surface area contributed by atoms with Gasteiger partial charge >= 0.3 is 0 Å². The summed E-state index contributed by atoms with van der Waals surface area (Å²) in [7, 11) is 1.23. The van der Waals surface area contributed by atoms with Crippen LogP contribution in [0.5, 0.6) is 0 Å². The van der Waals surface area contributed by atoms with Crippen molar-refractivity contribution in [3.8, 4) is 0 Å². The van der Waals surface area contributed by atoms with Crippen molar-refractivity contribution in [2.24, 2.45) is 0 Å². The van der Waals surface area contributed by atoms with Crippen molar-refractivity contribution in [3.63, 3.8) is 0 Å². The summed E-state index contributed by atoms with van der Waals surface area (Å²) in [5, 5.41) is 13.8. The molecule has 0 aliphatic rings. The third kappa shape index (κ3) is 46.5. The van der Waals surface area contributed by atoms with Gasteiger partial charge in [0.25, 0.3) is 7.82 Å². The van der Waals surface area contributed by atoms with Gasteiger partial charge in [-0.05, 0) is 70.6 Å². The van der Waals surface area contributed by atoms with Gasteiger partial charge in [-0.15, -0.1) is 0 Å². The lowest BCUT2D eigenvalue weighted by Gasteiger charge is -2.29. The van der Waals surface area contributed by atoms with E-state index in [1.807, 2.05) is 27.2 Å². The largest absolute Gasteiger partial charge is 0.756 e. The molecule has 9 heteroatoms. The predicted molar refractivity (Wildman–Crippen MR) is 265 cm³/mol. The van der Waals surface area contributed by atoms with E-state index < -0.39 is 26.6 Å². The van der Waals surface area contributed by atoms with Gasteiger partial charge < -0.3 is 28.8 Å². The predicted octanol–water partition coefficient (Wildman–Crippen LogP) is 14.6. The van der Waals surface area contributed by atoms with Crippen LogP contribution in [0.15, 0.2) is 48.6 Å². The number of unbranched alkanes of at least 4 members (excludes halogenated alkanes) is 28. The number of quaternary nitrogens is 1. The number of carbonyl (C=O) groups is 1. The first-order valence-corrected chi connectivity index (χ1v) is 27.5. The van der Waals surface area contributed by atoms with E-state index in [2.05, 4.69) is 55.6 Å². The fourth-order valence-electron chi connectivity index (χ4n) is 7.36. The highest BCUT2D eigenvalue weighted by molar-refractivity contribution is 7.45. The van der Waals surface area contributed by atoms with Gasteiger partial charge in [0.15, 0.2) is 0 Å². The second-order valence-corrected chi connectivity index (χ2v) is 20.3. The summed E-state index contributed by atoms with van der Waals surface area (Å²) in [6.07, 6.45) is 57.4. The molecule has 0 saturated heterocycles. The number of allylic oxidation sites excluding steroid dienone is 7. The molecule has 0 heterocycles. The summed E-state index contributed by atoms with van der Waals surface area (Å²) < 4.78 is 23.3. The molecular weight excluding hydrogens is 792 g/mol. The van der Waals surface area contributed by atoms with E-state index in [4.69, 9.17) is 9.05 Å². The van der Waals surface area contributed by atoms with E-state index in [1.165, 1.54) is 167 Å². The van der Waals surface area contributed by atoms with Crippen LogP contribution in [-0.4, -0.2) is 68.5 Å². The smallest absolute Gasteiger partial charge is 0.268 e. The fraction of sp³-hybridized carbons (Fsp3) is 0.830. The van der Waals surface area contributed by atoms with Crippen LogP contribution in [0.2, 0.25) is 0 Å². The maximum atomic E-state index is 12.9. The first-order chi connectivity index (χ1) is 30.0. The zero-order valence-corrected chi connectivity index (χ0v) is 42.2. The van der Waals surface area contributed by atoms with Crippen LogP contribution >= 0.6 is 7.82 Å². The van der Waals surface area contributed by atoms with Crippen LogP contribution in [0.1, 0.15) is 232 Å². The summed E-state index contributed by atoms with van der Waals surface area (Å²) in [6, 6.07) is -0.912. The van der Waals surface area contributed by atoms with Crippen molar-refractivity contribution in [3.05, 3.63) is 48.6 Å². The van der Waals surface area contributed by atoms with Crippen molar-refractivity contribution in [1.82, 2.24) is 5.32 Å². The molecule has 3 unspecified atom stereocenters. The number of aliphatic hydroxyl groups is 1. The summed E-state index contributed by atoms with van der Waals surface area (Å²) in [5.41, 5.74) is 0. The number of amides is 1. The minimum atomic E-state index is -4.61. The number of hydrogen-bond donors (Lipinski definition) is 2. The highest BCUT2D eigenvalue weighted by Crippen LogP contribution is 2.38. The van der Waals surface area contributed by atoms with Crippen LogP contribution in [0, 0.1) is 0 Å². The molecule has 0 radical (unpaired) electrons. The summed E-state index contributed by atoms with van der Waals surface area (Å²) in [4.78, 5) is 25.4. The molecule has 1 amide bonds. The molecule has 0 aromatic rings. The first-order valence-electron chi connectivity index (χ1n) is 26.0. The quantitative estimate of drug-likeness (QED) is 0.0273. The molecule has 0 aliphatic carbocycles. The maximum absolute atomic E-state index is 12.9. The minimum Gasteiger partial charge on any atom is -0.756 e. The Morgan fingerprint density at radius 3 is 1.31 bits per heavy atom. The Morgan fingerprint density at radius 2 is 0.903 bits per heavy atom. The van der Waals surface area contributed by atoms with E-state index in [0.717, 1.165) is 44.9 Å². The molecule has 2 N–H and O–H groups in total. The molecule has 0 aromatic carbocycles. The number of nitrogens with one attached hydrogen (secondary N) is 1. The Kier molecular flexibility index (Phi) is 43.5. The topological polar surface area (TPSA) is 108 Å². The first kappa shape index (κ1) is 60.5. The average molecular weight is 893 g/mol. The lowest BCUT2D eigenvalue weighted by molar-refractivity contribution is -0.870. The molecule has 8 nitrogen and oxygen atoms in total. The minimum absolute atomic E-state index is 0.0105. The number of rotatable bonds is 47. The van der Waals surface area contributed by atoms with Gasteiger partial charge in [0.2, 0.25) is 5.91 Å². The third-order valence-corrected chi connectivity index (χ3v) is 12.5. The van der Waals surface area contributed by atoms with Gasteiger partial charge in [0, 0.05) is 6.42 Å². The van der Waals surface area contributed by atoms with Crippen LogP contribution < -0.4 is 10.2 Å². The Bertz CT molecular complexity index is 1150. The van der Waals surface area contributed by atoms with Gasteiger partial charge in [-0.2, -0.15) is 0 Å². The third-order valence-electron chi connectivity index (χ3n) is 11.5. The average Bonchev–Trinajstić information content (AvgIpc) is 3.23. The lowest BCUT2D eigenvalue weighted by Crippen LogP contribution is -2.45. The normalized spacial score (nSPS) is 14.5. The van der Waals surface area contributed by atoms with E-state index >= 15 is 0 Å². The second kappa shape index (κ2) is 44.7. The number of nitrogens with zero attached hydrogens (tertiary/aromatic N) is 1. The van der Waals surface area contributed by atoms with Crippen molar-refractivity contribution >= 4 is 13.7 Å². The highest BCUT2D eigenvalue weighted by atomic mass is 31.2. The molecule has 0 aromatic heterocycles. The number of hydrogen-bond acceptors (Lipinski definition) is 6. The molecule has 0 bridgehead atoms. The SMILES string of the molecule is CCCCCCCCCC/C=C\CCCCCCCCCC(=O)NC(COP(=O)([O-])OCC[N+](C)(C)C)C(O)/C=C/CC/C=C/CC/C=C/CCCCCCCCCCCCC. The van der Waals surface area contributed by atoms with Crippen LogP contribution in [0.4, 0.5) is 0 Å². The second-order valence-electron chi connectivity index (χ2n) is 18.9. The summed E-state index contributed by atoms with van der Waals surface area (Å²) in [6.45, 7) is 4.63. The Hall–Kier alpha value is -1.54. The molecule has 0 spiro atoms. The van der Waals surface area contributed by atoms with Gasteiger partial charge in [0.05, 0.1) is 39.9 Å². The molecule has 0 rings (SSSR count). The molecule has 0 fully saturated rings. The van der Waals surface area contributed by atoms with E-state index in [1.54, 1.807) is 6.08 Å². The van der Waals surface area contributed by atoms with Gasteiger partial charge in [0.1, 0.15) is 13.2 Å². The van der Waals surface area contributed by atoms with Gasteiger partial charge in [-0.25, -0.2) is 0 Å². The van der Waals surface area contributed by atoms with Crippen LogP contribution in [-0.2, 0) is 18.4 Å². The summed E-state index contributed by atoms with van der Waals surface area (Å²) in [5.74, 6) is -0.215. The van der Waals surface area contributed by atoms with Crippen LogP contribution in [0.25, 0.3) is 0 Å². The van der Waals surface area contributed by atoms with Crippen LogP contribution in [0.3, 0.4) is 0 Å². The zero-order chi connectivity index (χ0) is 45.7. The number of phosphoric acid groups is 1. The van der Waals surface area contributed by atoms with Gasteiger partial charge in [-0.1, -0.05) is 204 Å². The van der Waals surface area contributed by atoms with Crippen molar-refractivity contribution in [2.75, 3.05) is 40.9 Å². The molecule has 3 atom stereocenters. The van der Waals surface area contributed by atoms with E-state index in [-0.39, 0.29) is 12.5 Å². The van der Waals surface area contributed by atoms with Gasteiger partial charge in [-0.3, -0.25) is 9.36 Å². The standard InChI is InChI=1S/C53H101N2O6P/c1-6-8-10-12-14-16-18-20-22-24-26-27-29-30-32-34-36-38-40-42-44-46-52(56)51(50-61-62(58,59)60-49-48-55(3,4)5)54-53(57)47-45-43-41-39-37-35-33-31-28-25-23-21-19-17-15-13-11-9-7-2/h25,28-30,36,38,44,46,51-52,56H,6-24,26-27,31-35,37,39-43,45,47-50H2,1-5H3,(H-,54,57,58,59)/b28-25-,30-29+,38-36+,46-44+. The number of carbonyl (C=O) groups excluding carboxylic acids is 1. The maximum Gasteiger partial charge on any atom is 0.268 e. The van der Waals surface area contributed by atoms with E-state index in [9.17, 15) is 19.4 Å². The van der Waals surface area contributed by atoms with Crippen molar-refractivity contribution in [1.29, 1.82) is 0 Å². The monoisotopic (exact) mass is 893 g/mol. The fourth-order valence-corrected chi connectivity index (χ4v) is 8.08. The Labute approximate surface area is 384 Å². The molecular formula is C53H101N2O6P. The molecule has 364 valence electrons. The molecule has 0 saturated carbocycles. The van der Waals surface area contributed by atoms with E-state index in [0.29, 0.717) is 17.4 Å². The number of phosphoric ester groups is 1. The Morgan fingerprint density at radius 1 is 0.548 bits per heavy atom. The Balaban J connectivity index is 4.39. The number of likely N-dealkylation sites (N-methyl/N-ethyl adjacent to an activating group) is 1.